The topological polar surface area (TPSA) is 32.3 Å². The Morgan fingerprint density at radius 1 is 1.29 bits per heavy atom. The first-order valence-electron chi connectivity index (χ1n) is 5.57. The van der Waals surface area contributed by atoms with E-state index in [0.29, 0.717) is 12.1 Å². The molecular weight excluding hydrogens is 232 g/mol. The van der Waals surface area contributed by atoms with Crippen LogP contribution in [-0.2, 0) is 0 Å². The summed E-state index contributed by atoms with van der Waals surface area (Å²) in [6.07, 6.45) is 0. The number of amides is 1. The molecule has 0 bridgehead atoms. The van der Waals surface area contributed by atoms with Gasteiger partial charge in [0.25, 0.3) is 5.91 Å². The van der Waals surface area contributed by atoms with Gasteiger partial charge in [-0.3, -0.25) is 4.79 Å². The molecule has 0 aliphatic heterocycles. The van der Waals surface area contributed by atoms with Gasteiger partial charge in [0.15, 0.2) is 0 Å². The average molecular weight is 252 g/mol. The maximum absolute atomic E-state index is 11.9. The fraction of sp³-hybridized carbons (Fsp3) is 0.462. The average Bonchev–Trinajstić information content (AvgIpc) is 2.27. The van der Waals surface area contributed by atoms with Crippen LogP contribution in [0.4, 0.5) is 0 Å². The Morgan fingerprint density at radius 3 is 2.29 bits per heavy atom. The summed E-state index contributed by atoms with van der Waals surface area (Å²) >= 11 is 4.19. The van der Waals surface area contributed by atoms with Crippen molar-refractivity contribution in [2.45, 2.75) is 24.3 Å². The minimum absolute atomic E-state index is 0.0479. The summed E-state index contributed by atoms with van der Waals surface area (Å²) in [4.78, 5) is 14.8. The molecule has 1 amide bonds. The van der Waals surface area contributed by atoms with E-state index < -0.39 is 0 Å². The van der Waals surface area contributed by atoms with Gasteiger partial charge in [0.05, 0.1) is 0 Å². The monoisotopic (exact) mass is 252 g/mol. The van der Waals surface area contributed by atoms with Crippen LogP contribution >= 0.6 is 12.6 Å². The standard InChI is InChI=1S/C13H20N2OS/c1-13(2,15(3)4)9-14-12(16)10-5-7-11(17)8-6-10/h5-8,17H,9H2,1-4H3,(H,14,16). The van der Waals surface area contributed by atoms with Gasteiger partial charge in [-0.1, -0.05) is 0 Å². The van der Waals surface area contributed by atoms with Gasteiger partial charge in [-0.25, -0.2) is 0 Å². The fourth-order valence-electron chi connectivity index (χ4n) is 1.17. The molecule has 1 rings (SSSR count). The molecule has 3 nitrogen and oxygen atoms in total. The first-order valence-corrected chi connectivity index (χ1v) is 6.02. The highest BCUT2D eigenvalue weighted by atomic mass is 32.1. The van der Waals surface area contributed by atoms with Crippen LogP contribution < -0.4 is 5.32 Å². The van der Waals surface area contributed by atoms with Gasteiger partial charge in [0.2, 0.25) is 0 Å². The smallest absolute Gasteiger partial charge is 0.251 e. The van der Waals surface area contributed by atoms with E-state index in [1.165, 1.54) is 0 Å². The minimum atomic E-state index is -0.0564. The second kappa shape index (κ2) is 5.56. The van der Waals surface area contributed by atoms with Crippen LogP contribution in [-0.4, -0.2) is 37.0 Å². The number of nitrogens with zero attached hydrogens (tertiary/aromatic N) is 1. The van der Waals surface area contributed by atoms with Crippen molar-refractivity contribution in [3.63, 3.8) is 0 Å². The molecule has 0 aliphatic rings. The van der Waals surface area contributed by atoms with Crippen molar-refractivity contribution >= 4 is 18.5 Å². The zero-order valence-corrected chi connectivity index (χ0v) is 11.7. The molecule has 0 heterocycles. The molecule has 17 heavy (non-hydrogen) atoms. The Balaban J connectivity index is 2.59. The van der Waals surface area contributed by atoms with Gasteiger partial charge in [0, 0.05) is 22.5 Å². The van der Waals surface area contributed by atoms with Crippen molar-refractivity contribution in [2.75, 3.05) is 20.6 Å². The molecule has 0 unspecified atom stereocenters. The highest BCUT2D eigenvalue weighted by Gasteiger charge is 2.21. The van der Waals surface area contributed by atoms with Gasteiger partial charge in [-0.2, -0.15) is 0 Å². The predicted molar refractivity (Wildman–Crippen MR) is 73.8 cm³/mol. The highest BCUT2D eigenvalue weighted by Crippen LogP contribution is 2.10. The second-order valence-corrected chi connectivity index (χ2v) is 5.45. The van der Waals surface area contributed by atoms with Crippen LogP contribution in [0.2, 0.25) is 0 Å². The Morgan fingerprint density at radius 2 is 1.82 bits per heavy atom. The third kappa shape index (κ3) is 4.06. The maximum atomic E-state index is 11.9. The molecule has 0 saturated carbocycles. The van der Waals surface area contributed by atoms with Crippen LogP contribution in [0.5, 0.6) is 0 Å². The Kier molecular flexibility index (Phi) is 4.60. The van der Waals surface area contributed by atoms with E-state index >= 15 is 0 Å². The molecular formula is C13H20N2OS. The summed E-state index contributed by atoms with van der Waals surface area (Å²) in [6, 6.07) is 7.19. The molecule has 0 atom stereocenters. The van der Waals surface area contributed by atoms with E-state index in [-0.39, 0.29) is 11.4 Å². The first-order chi connectivity index (χ1) is 7.83. The van der Waals surface area contributed by atoms with Crippen LogP contribution in [0.1, 0.15) is 24.2 Å². The number of carbonyl (C=O) groups is 1. The van der Waals surface area contributed by atoms with Crippen LogP contribution in [0.15, 0.2) is 29.2 Å². The predicted octanol–water partition coefficient (Wildman–Crippen LogP) is 2.05. The third-order valence-electron chi connectivity index (χ3n) is 3.02. The molecule has 0 saturated heterocycles. The van der Waals surface area contributed by atoms with E-state index in [0.717, 1.165) is 4.90 Å². The van der Waals surface area contributed by atoms with Gasteiger partial charge in [-0.05, 0) is 52.2 Å². The molecule has 0 aromatic heterocycles. The van der Waals surface area contributed by atoms with Gasteiger partial charge < -0.3 is 10.2 Å². The quantitative estimate of drug-likeness (QED) is 0.804. The molecule has 0 fully saturated rings. The largest absolute Gasteiger partial charge is 0.350 e. The van der Waals surface area contributed by atoms with Crippen LogP contribution in [0, 0.1) is 0 Å². The Hall–Kier alpha value is -1.00. The number of likely N-dealkylation sites (N-methyl/N-ethyl adjacent to an activating group) is 1. The fourth-order valence-corrected chi connectivity index (χ4v) is 1.32. The molecule has 0 radical (unpaired) electrons. The van der Waals surface area contributed by atoms with E-state index in [4.69, 9.17) is 0 Å². The van der Waals surface area contributed by atoms with Crippen molar-refractivity contribution < 1.29 is 4.79 Å². The summed E-state index contributed by atoms with van der Waals surface area (Å²) in [7, 11) is 4.00. The molecule has 1 aromatic rings. The second-order valence-electron chi connectivity index (χ2n) is 4.94. The lowest BCUT2D eigenvalue weighted by Crippen LogP contribution is -2.48. The number of benzene rings is 1. The molecule has 0 aliphatic carbocycles. The maximum Gasteiger partial charge on any atom is 0.251 e. The van der Waals surface area contributed by atoms with Crippen molar-refractivity contribution in [1.29, 1.82) is 0 Å². The molecule has 94 valence electrons. The number of thiol groups is 1. The lowest BCUT2D eigenvalue weighted by molar-refractivity contribution is 0.0919. The summed E-state index contributed by atoms with van der Waals surface area (Å²) < 4.78 is 0. The van der Waals surface area contributed by atoms with Crippen molar-refractivity contribution in [3.8, 4) is 0 Å². The van der Waals surface area contributed by atoms with Gasteiger partial charge in [-0.15, -0.1) is 12.6 Å². The normalized spacial score (nSPS) is 11.6. The summed E-state index contributed by atoms with van der Waals surface area (Å²) in [5.41, 5.74) is 0.608. The van der Waals surface area contributed by atoms with E-state index in [2.05, 4.69) is 36.7 Å². The zero-order chi connectivity index (χ0) is 13.1. The lowest BCUT2D eigenvalue weighted by Gasteiger charge is -2.32. The summed E-state index contributed by atoms with van der Waals surface area (Å²) in [5, 5.41) is 2.93. The first kappa shape index (κ1) is 14.1. The molecule has 1 aromatic carbocycles. The number of carbonyl (C=O) groups excluding carboxylic acids is 1. The van der Waals surface area contributed by atoms with Crippen molar-refractivity contribution in [1.82, 2.24) is 10.2 Å². The number of hydrogen-bond donors (Lipinski definition) is 2. The molecule has 0 spiro atoms. The van der Waals surface area contributed by atoms with Gasteiger partial charge >= 0.3 is 0 Å². The SMILES string of the molecule is CN(C)C(C)(C)CNC(=O)c1ccc(S)cc1. The number of rotatable bonds is 4. The van der Waals surface area contributed by atoms with E-state index in [1.807, 2.05) is 26.2 Å². The summed E-state index contributed by atoms with van der Waals surface area (Å²) in [6.45, 7) is 4.79. The van der Waals surface area contributed by atoms with Crippen molar-refractivity contribution in [2.24, 2.45) is 0 Å². The van der Waals surface area contributed by atoms with Crippen LogP contribution in [0.25, 0.3) is 0 Å². The third-order valence-corrected chi connectivity index (χ3v) is 3.32. The number of nitrogens with one attached hydrogen (secondary N) is 1. The number of hydrogen-bond acceptors (Lipinski definition) is 3. The van der Waals surface area contributed by atoms with Crippen molar-refractivity contribution in [3.05, 3.63) is 29.8 Å². The lowest BCUT2D eigenvalue weighted by atomic mass is 10.0. The van der Waals surface area contributed by atoms with E-state index in [1.54, 1.807) is 12.1 Å². The minimum Gasteiger partial charge on any atom is -0.350 e. The molecule has 4 heteroatoms. The summed E-state index contributed by atoms with van der Waals surface area (Å²) in [5.74, 6) is -0.0479. The van der Waals surface area contributed by atoms with Crippen LogP contribution in [0.3, 0.4) is 0 Å². The zero-order valence-electron chi connectivity index (χ0n) is 10.8. The Labute approximate surface area is 109 Å². The Bertz CT molecular complexity index is 385. The molecule has 1 N–H and O–H groups in total. The van der Waals surface area contributed by atoms with E-state index in [9.17, 15) is 4.79 Å². The highest BCUT2D eigenvalue weighted by molar-refractivity contribution is 7.80. The van der Waals surface area contributed by atoms with Gasteiger partial charge in [0.1, 0.15) is 0 Å².